The molecule has 2 N–H and O–H groups in total. The molecule has 0 bridgehead atoms. The molecule has 0 radical (unpaired) electrons. The maximum Gasteiger partial charge on any atom is 0.261 e. The van der Waals surface area contributed by atoms with E-state index >= 15 is 0 Å². The summed E-state index contributed by atoms with van der Waals surface area (Å²) >= 11 is 0. The first-order valence-electron chi connectivity index (χ1n) is 8.54. The van der Waals surface area contributed by atoms with Crippen molar-refractivity contribution < 1.29 is 0 Å². The predicted molar refractivity (Wildman–Crippen MR) is 96.8 cm³/mol. The van der Waals surface area contributed by atoms with E-state index in [1.165, 1.54) is 12.8 Å². The number of anilines is 2. The second kappa shape index (κ2) is 6.10. The number of aromatic nitrogens is 3. The van der Waals surface area contributed by atoms with E-state index in [1.54, 1.807) is 18.3 Å². The zero-order valence-corrected chi connectivity index (χ0v) is 14.0. The van der Waals surface area contributed by atoms with Crippen LogP contribution < -0.4 is 10.9 Å². The first-order chi connectivity index (χ1) is 12.2. The van der Waals surface area contributed by atoms with Gasteiger partial charge in [-0.25, -0.2) is 0 Å². The van der Waals surface area contributed by atoms with Crippen LogP contribution in [0.3, 0.4) is 0 Å². The Labute approximate surface area is 145 Å². The molecule has 0 saturated heterocycles. The lowest BCUT2D eigenvalue weighted by Crippen LogP contribution is -2.13. The fourth-order valence-corrected chi connectivity index (χ4v) is 3.69. The zero-order chi connectivity index (χ0) is 17.4. The Morgan fingerprint density at radius 3 is 2.76 bits per heavy atom. The molecule has 25 heavy (non-hydrogen) atoms. The van der Waals surface area contributed by atoms with E-state index in [0.717, 1.165) is 17.6 Å². The Morgan fingerprint density at radius 1 is 1.28 bits per heavy atom. The number of H-pyrrole nitrogens is 1. The number of fused-ring (bicyclic) bond motifs is 1. The summed E-state index contributed by atoms with van der Waals surface area (Å²) in [7, 11) is 0. The smallest absolute Gasteiger partial charge is 0.261 e. The van der Waals surface area contributed by atoms with Crippen LogP contribution in [0.25, 0.3) is 10.9 Å². The maximum absolute atomic E-state index is 12.4. The fourth-order valence-electron chi connectivity index (χ4n) is 3.69. The summed E-state index contributed by atoms with van der Waals surface area (Å²) in [4.78, 5) is 15.1. The van der Waals surface area contributed by atoms with Crippen molar-refractivity contribution in [3.05, 3.63) is 52.4 Å². The van der Waals surface area contributed by atoms with Crippen molar-refractivity contribution in [3.8, 4) is 6.07 Å². The van der Waals surface area contributed by atoms with Gasteiger partial charge in [0, 0.05) is 11.9 Å². The van der Waals surface area contributed by atoms with Crippen molar-refractivity contribution >= 4 is 22.4 Å². The first kappa shape index (κ1) is 15.5. The highest BCUT2D eigenvalue weighted by molar-refractivity contribution is 5.91. The number of nitrogens with zero attached hydrogens (tertiary/aromatic N) is 3. The molecule has 0 spiro atoms. The van der Waals surface area contributed by atoms with Crippen LogP contribution in [0.15, 0.2) is 41.3 Å². The highest BCUT2D eigenvalue weighted by Crippen LogP contribution is 2.37. The molecule has 2 heterocycles. The molecule has 1 aromatic carbocycles. The van der Waals surface area contributed by atoms with E-state index in [-0.39, 0.29) is 5.56 Å². The van der Waals surface area contributed by atoms with Gasteiger partial charge in [0.1, 0.15) is 5.39 Å². The Hall–Kier alpha value is -3.07. The molecule has 1 fully saturated rings. The van der Waals surface area contributed by atoms with Crippen molar-refractivity contribution in [2.75, 3.05) is 5.32 Å². The van der Waals surface area contributed by atoms with Crippen molar-refractivity contribution in [1.82, 2.24) is 14.8 Å². The second-order valence-electron chi connectivity index (χ2n) is 6.65. The number of rotatable bonds is 3. The van der Waals surface area contributed by atoms with E-state index in [0.29, 0.717) is 28.7 Å². The molecule has 2 aromatic heterocycles. The Kier molecular flexibility index (Phi) is 3.77. The van der Waals surface area contributed by atoms with Crippen LogP contribution in [-0.4, -0.2) is 14.8 Å². The molecule has 6 nitrogen and oxygen atoms in total. The summed E-state index contributed by atoms with van der Waals surface area (Å²) in [5, 5.41) is 17.5. The normalized spacial score (nSPS) is 19.8. The summed E-state index contributed by atoms with van der Waals surface area (Å²) in [5.74, 6) is 1.10. The SMILES string of the molecule is CC1CCCC1n1nc(Nc2ccc(C#N)cc2)c2c(=O)[nH]ccc21. The van der Waals surface area contributed by atoms with Gasteiger partial charge in [-0.2, -0.15) is 10.4 Å². The van der Waals surface area contributed by atoms with Crippen LogP contribution in [0.2, 0.25) is 0 Å². The standard InChI is InChI=1S/C19H19N5O/c1-12-3-2-4-15(12)24-16-9-10-21-19(25)17(16)18(23-24)22-14-7-5-13(11-20)6-8-14/h5-10,12,15H,2-4H2,1H3,(H,21,25)(H,22,23). The topological polar surface area (TPSA) is 86.5 Å². The molecule has 0 aliphatic heterocycles. The van der Waals surface area contributed by atoms with Gasteiger partial charge in [0.15, 0.2) is 5.82 Å². The summed E-state index contributed by atoms with van der Waals surface area (Å²) in [6, 6.07) is 11.5. The molecule has 1 saturated carbocycles. The molecule has 126 valence electrons. The molecular weight excluding hydrogens is 314 g/mol. The summed E-state index contributed by atoms with van der Waals surface area (Å²) < 4.78 is 2.01. The minimum Gasteiger partial charge on any atom is -0.338 e. The lowest BCUT2D eigenvalue weighted by Gasteiger charge is -2.16. The van der Waals surface area contributed by atoms with Crippen LogP contribution >= 0.6 is 0 Å². The highest BCUT2D eigenvalue weighted by atomic mass is 16.1. The molecule has 2 atom stereocenters. The molecular formula is C19H19N5O. The average Bonchev–Trinajstić information content (AvgIpc) is 3.20. The third-order valence-corrected chi connectivity index (χ3v) is 5.04. The number of hydrogen-bond donors (Lipinski definition) is 2. The summed E-state index contributed by atoms with van der Waals surface area (Å²) in [6.45, 7) is 2.24. The number of nitriles is 1. The number of benzene rings is 1. The van der Waals surface area contributed by atoms with Gasteiger partial charge in [0.05, 0.1) is 23.2 Å². The van der Waals surface area contributed by atoms with Crippen molar-refractivity contribution in [3.63, 3.8) is 0 Å². The Balaban J connectivity index is 1.80. The molecule has 1 aliphatic rings. The van der Waals surface area contributed by atoms with Crippen molar-refractivity contribution in [2.45, 2.75) is 32.2 Å². The molecule has 1 aliphatic carbocycles. The van der Waals surface area contributed by atoms with Crippen LogP contribution in [0.1, 0.15) is 37.8 Å². The van der Waals surface area contributed by atoms with Crippen molar-refractivity contribution in [1.29, 1.82) is 5.26 Å². The molecule has 0 amide bonds. The monoisotopic (exact) mass is 333 g/mol. The fraction of sp³-hybridized carbons (Fsp3) is 0.316. The number of hydrogen-bond acceptors (Lipinski definition) is 4. The van der Waals surface area contributed by atoms with Crippen LogP contribution in [0, 0.1) is 17.2 Å². The highest BCUT2D eigenvalue weighted by Gasteiger charge is 2.28. The van der Waals surface area contributed by atoms with Gasteiger partial charge in [-0.15, -0.1) is 0 Å². The van der Waals surface area contributed by atoms with Gasteiger partial charge in [-0.05, 0) is 49.1 Å². The predicted octanol–water partition coefficient (Wildman–Crippen LogP) is 3.70. The minimum atomic E-state index is -0.148. The largest absolute Gasteiger partial charge is 0.338 e. The Bertz CT molecular complexity index is 1010. The van der Waals surface area contributed by atoms with Gasteiger partial charge < -0.3 is 10.3 Å². The first-order valence-corrected chi connectivity index (χ1v) is 8.54. The van der Waals surface area contributed by atoms with Gasteiger partial charge in [0.25, 0.3) is 5.56 Å². The zero-order valence-electron chi connectivity index (χ0n) is 14.0. The van der Waals surface area contributed by atoms with Crippen LogP contribution in [0.5, 0.6) is 0 Å². The minimum absolute atomic E-state index is 0.148. The lowest BCUT2D eigenvalue weighted by atomic mass is 10.1. The summed E-state index contributed by atoms with van der Waals surface area (Å²) in [6.07, 6.45) is 5.14. The molecule has 3 aromatic rings. The number of pyridine rings is 1. The van der Waals surface area contributed by atoms with Crippen molar-refractivity contribution in [2.24, 2.45) is 5.92 Å². The Morgan fingerprint density at radius 2 is 2.08 bits per heavy atom. The van der Waals surface area contributed by atoms with Gasteiger partial charge in [-0.1, -0.05) is 13.3 Å². The van der Waals surface area contributed by atoms with E-state index in [4.69, 9.17) is 10.4 Å². The number of aromatic amines is 1. The number of nitrogens with one attached hydrogen (secondary N) is 2. The van der Waals surface area contributed by atoms with E-state index in [1.807, 2.05) is 22.9 Å². The van der Waals surface area contributed by atoms with E-state index < -0.39 is 0 Å². The van der Waals surface area contributed by atoms with Crippen LogP contribution in [-0.2, 0) is 0 Å². The van der Waals surface area contributed by atoms with E-state index in [9.17, 15) is 4.79 Å². The third kappa shape index (κ3) is 2.68. The quantitative estimate of drug-likeness (QED) is 0.765. The summed E-state index contributed by atoms with van der Waals surface area (Å²) in [5.41, 5.74) is 2.11. The molecule has 2 unspecified atom stereocenters. The molecule has 4 rings (SSSR count). The van der Waals surface area contributed by atoms with E-state index in [2.05, 4.69) is 23.3 Å². The van der Waals surface area contributed by atoms with Gasteiger partial charge in [0.2, 0.25) is 0 Å². The third-order valence-electron chi connectivity index (χ3n) is 5.04. The second-order valence-corrected chi connectivity index (χ2v) is 6.65. The molecule has 6 heteroatoms. The maximum atomic E-state index is 12.4. The van der Waals surface area contributed by atoms with Gasteiger partial charge >= 0.3 is 0 Å². The van der Waals surface area contributed by atoms with Crippen LogP contribution in [0.4, 0.5) is 11.5 Å². The van der Waals surface area contributed by atoms with Gasteiger partial charge in [-0.3, -0.25) is 9.48 Å². The lowest BCUT2D eigenvalue weighted by molar-refractivity contribution is 0.386. The average molecular weight is 333 g/mol.